The summed E-state index contributed by atoms with van der Waals surface area (Å²) in [6.07, 6.45) is 1.51. The Morgan fingerprint density at radius 1 is 1.10 bits per heavy atom. The van der Waals surface area contributed by atoms with Gasteiger partial charge >= 0.3 is 0 Å². The molecule has 2 rings (SSSR count). The molecule has 110 valence electrons. The smallest absolute Gasteiger partial charge is 0.263 e. The lowest BCUT2D eigenvalue weighted by molar-refractivity contribution is 0.591. The maximum atomic E-state index is 13.0. The minimum absolute atomic E-state index is 0.0475. The summed E-state index contributed by atoms with van der Waals surface area (Å²) in [6.45, 7) is 5.67. The van der Waals surface area contributed by atoms with Gasteiger partial charge in [-0.15, -0.1) is 6.58 Å². The molecule has 0 saturated carbocycles. The predicted octanol–water partition coefficient (Wildman–Crippen LogP) is 3.52. The standard InChI is InChI=1S/C16H16FNO2S/c1-3-12-18(15-8-4-13(2)5-9-15)21(19,20)16-10-6-14(17)7-11-16/h3-11H,1,12H2,2H3. The number of aryl methyl sites for hydroxylation is 1. The molecule has 2 aromatic rings. The van der Waals surface area contributed by atoms with Crippen LogP contribution in [0.5, 0.6) is 0 Å². The third-order valence-corrected chi connectivity index (χ3v) is 4.83. The van der Waals surface area contributed by atoms with E-state index in [2.05, 4.69) is 6.58 Å². The summed E-state index contributed by atoms with van der Waals surface area (Å²) >= 11 is 0. The van der Waals surface area contributed by atoms with Crippen molar-refractivity contribution in [2.45, 2.75) is 11.8 Å². The van der Waals surface area contributed by atoms with E-state index >= 15 is 0 Å². The second-order valence-electron chi connectivity index (χ2n) is 4.61. The molecule has 2 aromatic carbocycles. The van der Waals surface area contributed by atoms with Crippen LogP contribution in [0.2, 0.25) is 0 Å². The maximum absolute atomic E-state index is 13.0. The summed E-state index contributed by atoms with van der Waals surface area (Å²) in [5.74, 6) is -0.473. The third-order valence-electron chi connectivity index (χ3n) is 3.02. The molecule has 0 aliphatic heterocycles. The van der Waals surface area contributed by atoms with Gasteiger partial charge in [-0.3, -0.25) is 4.31 Å². The highest BCUT2D eigenvalue weighted by molar-refractivity contribution is 7.92. The molecular weight excluding hydrogens is 289 g/mol. The van der Waals surface area contributed by atoms with Crippen LogP contribution >= 0.6 is 0 Å². The molecule has 0 aliphatic rings. The van der Waals surface area contributed by atoms with E-state index in [9.17, 15) is 12.8 Å². The molecule has 0 radical (unpaired) electrons. The molecule has 0 aliphatic carbocycles. The van der Waals surface area contributed by atoms with E-state index in [-0.39, 0.29) is 11.4 Å². The predicted molar refractivity (Wildman–Crippen MR) is 82.3 cm³/mol. The Bertz CT molecular complexity index is 722. The molecule has 0 atom stereocenters. The van der Waals surface area contributed by atoms with Gasteiger partial charge in [0.15, 0.2) is 0 Å². The van der Waals surface area contributed by atoms with Crippen molar-refractivity contribution in [3.05, 3.63) is 72.6 Å². The molecule has 5 heteroatoms. The maximum Gasteiger partial charge on any atom is 0.264 e. The molecule has 0 heterocycles. The first-order valence-electron chi connectivity index (χ1n) is 6.41. The van der Waals surface area contributed by atoms with Gasteiger partial charge in [-0.05, 0) is 43.3 Å². The van der Waals surface area contributed by atoms with E-state index in [0.29, 0.717) is 5.69 Å². The van der Waals surface area contributed by atoms with Crippen LogP contribution in [0.15, 0.2) is 66.1 Å². The van der Waals surface area contributed by atoms with E-state index in [1.54, 1.807) is 12.1 Å². The van der Waals surface area contributed by atoms with E-state index < -0.39 is 15.8 Å². The van der Waals surface area contributed by atoms with Gasteiger partial charge in [-0.2, -0.15) is 0 Å². The fourth-order valence-corrected chi connectivity index (χ4v) is 3.34. The Hall–Kier alpha value is -2.14. The number of sulfonamides is 1. The van der Waals surface area contributed by atoms with Crippen LogP contribution in [0, 0.1) is 12.7 Å². The largest absolute Gasteiger partial charge is 0.264 e. The minimum atomic E-state index is -3.75. The molecule has 0 fully saturated rings. The molecule has 0 unspecified atom stereocenters. The van der Waals surface area contributed by atoms with Gasteiger partial charge in [-0.25, -0.2) is 12.8 Å². The molecule has 21 heavy (non-hydrogen) atoms. The highest BCUT2D eigenvalue weighted by Crippen LogP contribution is 2.24. The number of anilines is 1. The molecule has 0 bridgehead atoms. The van der Waals surface area contributed by atoms with E-state index in [1.807, 2.05) is 19.1 Å². The molecule has 3 nitrogen and oxygen atoms in total. The van der Waals surface area contributed by atoms with Crippen molar-refractivity contribution in [1.29, 1.82) is 0 Å². The van der Waals surface area contributed by atoms with Crippen LogP contribution < -0.4 is 4.31 Å². The van der Waals surface area contributed by atoms with Gasteiger partial charge in [0.25, 0.3) is 10.0 Å². The summed E-state index contributed by atoms with van der Waals surface area (Å²) in [7, 11) is -3.75. The molecule has 0 N–H and O–H groups in total. The third kappa shape index (κ3) is 3.31. The monoisotopic (exact) mass is 305 g/mol. The average molecular weight is 305 g/mol. The van der Waals surface area contributed by atoms with Gasteiger partial charge in [0, 0.05) is 0 Å². The van der Waals surface area contributed by atoms with E-state index in [4.69, 9.17) is 0 Å². The number of nitrogens with zero attached hydrogens (tertiary/aromatic N) is 1. The van der Waals surface area contributed by atoms with Gasteiger partial charge < -0.3 is 0 Å². The number of hydrogen-bond acceptors (Lipinski definition) is 2. The van der Waals surface area contributed by atoms with Crippen molar-refractivity contribution in [3.63, 3.8) is 0 Å². The zero-order valence-corrected chi connectivity index (χ0v) is 12.5. The Morgan fingerprint density at radius 2 is 1.67 bits per heavy atom. The van der Waals surface area contributed by atoms with Crippen molar-refractivity contribution in [1.82, 2.24) is 0 Å². The minimum Gasteiger partial charge on any atom is -0.263 e. The first-order chi connectivity index (χ1) is 9.95. The Balaban J connectivity index is 2.47. The summed E-state index contributed by atoms with van der Waals surface area (Å²) in [4.78, 5) is 0.0475. The van der Waals surface area contributed by atoms with Gasteiger partial charge in [-0.1, -0.05) is 23.8 Å². The summed E-state index contributed by atoms with van der Waals surface area (Å²) < 4.78 is 39.6. The quantitative estimate of drug-likeness (QED) is 0.793. The Kier molecular flexibility index (Phi) is 4.43. The van der Waals surface area contributed by atoms with Crippen molar-refractivity contribution in [2.75, 3.05) is 10.8 Å². The molecular formula is C16H16FNO2S. The van der Waals surface area contributed by atoms with E-state index in [1.165, 1.54) is 22.5 Å². The number of benzene rings is 2. The van der Waals surface area contributed by atoms with Crippen LogP contribution in [0.1, 0.15) is 5.56 Å². The van der Waals surface area contributed by atoms with Crippen molar-refractivity contribution < 1.29 is 12.8 Å². The summed E-state index contributed by atoms with van der Waals surface area (Å²) in [5.41, 5.74) is 1.58. The van der Waals surface area contributed by atoms with Crippen LogP contribution in [-0.4, -0.2) is 15.0 Å². The van der Waals surface area contributed by atoms with Crippen molar-refractivity contribution >= 4 is 15.7 Å². The topological polar surface area (TPSA) is 37.4 Å². The van der Waals surface area contributed by atoms with Crippen LogP contribution in [0.3, 0.4) is 0 Å². The molecule has 0 saturated heterocycles. The fourth-order valence-electron chi connectivity index (χ4n) is 1.90. The molecule has 0 amide bonds. The highest BCUT2D eigenvalue weighted by Gasteiger charge is 2.23. The number of halogens is 1. The van der Waals surface area contributed by atoms with Crippen LogP contribution in [0.4, 0.5) is 10.1 Å². The summed E-state index contributed by atoms with van der Waals surface area (Å²) in [5, 5.41) is 0. The van der Waals surface area contributed by atoms with Gasteiger partial charge in [0.05, 0.1) is 17.1 Å². The summed E-state index contributed by atoms with van der Waals surface area (Å²) in [6, 6.07) is 11.9. The lowest BCUT2D eigenvalue weighted by Crippen LogP contribution is -2.31. The lowest BCUT2D eigenvalue weighted by atomic mass is 10.2. The van der Waals surface area contributed by atoms with Crippen molar-refractivity contribution in [2.24, 2.45) is 0 Å². The lowest BCUT2D eigenvalue weighted by Gasteiger charge is -2.23. The highest BCUT2D eigenvalue weighted by atomic mass is 32.2. The van der Waals surface area contributed by atoms with Gasteiger partial charge in [0.2, 0.25) is 0 Å². The second-order valence-corrected chi connectivity index (χ2v) is 6.48. The average Bonchev–Trinajstić information content (AvgIpc) is 2.46. The zero-order valence-electron chi connectivity index (χ0n) is 11.7. The first-order valence-corrected chi connectivity index (χ1v) is 7.85. The van der Waals surface area contributed by atoms with Crippen LogP contribution in [-0.2, 0) is 10.0 Å². The number of hydrogen-bond donors (Lipinski definition) is 0. The fraction of sp³-hybridized carbons (Fsp3) is 0.125. The molecule has 0 aromatic heterocycles. The van der Waals surface area contributed by atoms with E-state index in [0.717, 1.165) is 17.7 Å². The van der Waals surface area contributed by atoms with Gasteiger partial charge in [0.1, 0.15) is 5.82 Å². The van der Waals surface area contributed by atoms with Crippen LogP contribution in [0.25, 0.3) is 0 Å². The molecule has 0 spiro atoms. The first kappa shape index (κ1) is 15.3. The number of rotatable bonds is 5. The normalized spacial score (nSPS) is 11.1. The SMILES string of the molecule is C=CCN(c1ccc(C)cc1)S(=O)(=O)c1ccc(F)cc1. The zero-order chi connectivity index (χ0) is 15.5. The van der Waals surface area contributed by atoms with Crippen molar-refractivity contribution in [3.8, 4) is 0 Å². The Morgan fingerprint density at radius 3 is 2.19 bits per heavy atom. The second kappa shape index (κ2) is 6.10. The Labute approximate surface area is 124 Å².